The normalized spacial score (nSPS) is 15.2. The Morgan fingerprint density at radius 2 is 1.90 bits per heavy atom. The summed E-state index contributed by atoms with van der Waals surface area (Å²) in [5.41, 5.74) is 2.43. The van der Waals surface area contributed by atoms with E-state index in [-0.39, 0.29) is 5.54 Å². The van der Waals surface area contributed by atoms with Gasteiger partial charge in [0, 0.05) is 38.5 Å². The number of pyridine rings is 1. The number of piperidine rings is 1. The summed E-state index contributed by atoms with van der Waals surface area (Å²) >= 11 is 0. The molecule has 1 aromatic heterocycles. The molecule has 1 aromatic rings. The monoisotopic (exact) mass is 435 g/mol. The van der Waals surface area contributed by atoms with E-state index in [9.17, 15) is 4.79 Å². The van der Waals surface area contributed by atoms with Gasteiger partial charge in [0.25, 0.3) is 0 Å². The SMILES string of the molecule is C=CC.CC.CCC(C)(C)N(C=O)CCC1CCCN(c2ncc(C)cc2C)C1.CO. The number of anilines is 1. The van der Waals surface area contributed by atoms with Crippen LogP contribution in [0.15, 0.2) is 24.9 Å². The predicted octanol–water partition coefficient (Wildman–Crippen LogP) is 5.78. The zero-order valence-corrected chi connectivity index (χ0v) is 21.7. The summed E-state index contributed by atoms with van der Waals surface area (Å²) in [4.78, 5) is 20.5. The Labute approximate surface area is 192 Å². The minimum atomic E-state index is -0.0504. The van der Waals surface area contributed by atoms with Gasteiger partial charge < -0.3 is 14.9 Å². The summed E-state index contributed by atoms with van der Waals surface area (Å²) in [5, 5.41) is 7.00. The van der Waals surface area contributed by atoms with Crippen molar-refractivity contribution >= 4 is 12.2 Å². The maximum atomic E-state index is 11.5. The summed E-state index contributed by atoms with van der Waals surface area (Å²) in [6, 6.07) is 2.21. The molecule has 1 saturated heterocycles. The number of aliphatic hydroxyl groups is 1. The molecule has 5 nitrogen and oxygen atoms in total. The van der Waals surface area contributed by atoms with Gasteiger partial charge in [0.15, 0.2) is 0 Å². The topological polar surface area (TPSA) is 56.7 Å². The van der Waals surface area contributed by atoms with Gasteiger partial charge in [0.2, 0.25) is 6.41 Å². The van der Waals surface area contributed by atoms with E-state index >= 15 is 0 Å². The average molecular weight is 436 g/mol. The standard InChI is InChI=1S/C20H33N3O.C3H6.C2H6.CH4O/c1-6-20(4,5)23(15-24)11-9-18-8-7-10-22(14-18)19-17(3)12-16(2)13-21-19;1-3-2;2*1-2/h12-13,15,18H,6-11,14H2,1-5H3;3H,1H2,2H3;1-2H3;2H,1H3. The molecule has 2 heterocycles. The number of aryl methyl sites for hydroxylation is 2. The molecule has 0 aromatic carbocycles. The number of amides is 1. The molecule has 1 N–H and O–H groups in total. The molecule has 180 valence electrons. The van der Waals surface area contributed by atoms with Crippen molar-refractivity contribution in [2.24, 2.45) is 5.92 Å². The molecule has 31 heavy (non-hydrogen) atoms. The van der Waals surface area contributed by atoms with Crippen LogP contribution in [0.1, 0.15) is 78.4 Å². The highest BCUT2D eigenvalue weighted by atomic mass is 16.2. The lowest BCUT2D eigenvalue weighted by Crippen LogP contribution is -2.44. The molecule has 1 unspecified atom stereocenters. The second-order valence-electron chi connectivity index (χ2n) is 8.27. The first-order chi connectivity index (χ1) is 14.8. The van der Waals surface area contributed by atoms with E-state index in [0.29, 0.717) is 5.92 Å². The molecule has 2 rings (SSSR count). The first-order valence-corrected chi connectivity index (χ1v) is 11.7. The number of allylic oxidation sites excluding steroid dienone is 1. The van der Waals surface area contributed by atoms with Gasteiger partial charge >= 0.3 is 0 Å². The molecular weight excluding hydrogens is 386 g/mol. The summed E-state index contributed by atoms with van der Waals surface area (Å²) in [6.45, 7) is 22.9. The number of carbonyl (C=O) groups is 1. The molecule has 5 heteroatoms. The second-order valence-corrected chi connectivity index (χ2v) is 8.27. The van der Waals surface area contributed by atoms with Crippen LogP contribution < -0.4 is 4.90 Å². The fraction of sp³-hybridized carbons (Fsp3) is 0.692. The van der Waals surface area contributed by atoms with Crippen molar-refractivity contribution in [1.82, 2.24) is 9.88 Å². The molecule has 1 aliphatic heterocycles. The van der Waals surface area contributed by atoms with Gasteiger partial charge in [0.05, 0.1) is 0 Å². The zero-order chi connectivity index (χ0) is 24.4. The maximum Gasteiger partial charge on any atom is 0.210 e. The van der Waals surface area contributed by atoms with Gasteiger partial charge in [-0.15, -0.1) is 6.58 Å². The highest BCUT2D eigenvalue weighted by molar-refractivity contribution is 5.49. The van der Waals surface area contributed by atoms with Gasteiger partial charge in [-0.1, -0.05) is 32.9 Å². The predicted molar refractivity (Wildman–Crippen MR) is 136 cm³/mol. The first kappa shape index (κ1) is 31.3. The van der Waals surface area contributed by atoms with Gasteiger partial charge in [-0.3, -0.25) is 4.79 Å². The minimum absolute atomic E-state index is 0.0504. The third-order valence-corrected chi connectivity index (χ3v) is 5.55. The second kappa shape index (κ2) is 17.8. The highest BCUT2D eigenvalue weighted by Crippen LogP contribution is 2.27. The number of hydrogen-bond acceptors (Lipinski definition) is 4. The van der Waals surface area contributed by atoms with Crippen LogP contribution in [-0.2, 0) is 4.79 Å². The lowest BCUT2D eigenvalue weighted by molar-refractivity contribution is -0.123. The number of aliphatic hydroxyl groups excluding tert-OH is 1. The van der Waals surface area contributed by atoms with Crippen LogP contribution in [-0.4, -0.2) is 53.7 Å². The molecule has 0 bridgehead atoms. The fourth-order valence-electron chi connectivity index (χ4n) is 3.56. The molecule has 0 saturated carbocycles. The summed E-state index contributed by atoms with van der Waals surface area (Å²) in [5.74, 6) is 1.77. The van der Waals surface area contributed by atoms with E-state index in [1.54, 1.807) is 6.08 Å². The smallest absolute Gasteiger partial charge is 0.210 e. The number of hydrogen-bond donors (Lipinski definition) is 1. The van der Waals surface area contributed by atoms with Crippen LogP contribution in [0.25, 0.3) is 0 Å². The Morgan fingerprint density at radius 1 is 1.32 bits per heavy atom. The van der Waals surface area contributed by atoms with Crippen molar-refractivity contribution in [2.45, 2.75) is 86.6 Å². The molecule has 0 spiro atoms. The van der Waals surface area contributed by atoms with E-state index in [0.717, 1.165) is 51.8 Å². The third-order valence-electron chi connectivity index (χ3n) is 5.55. The highest BCUT2D eigenvalue weighted by Gasteiger charge is 2.26. The lowest BCUT2D eigenvalue weighted by Gasteiger charge is -2.38. The van der Waals surface area contributed by atoms with Crippen molar-refractivity contribution in [1.29, 1.82) is 0 Å². The van der Waals surface area contributed by atoms with Crippen LogP contribution in [0.3, 0.4) is 0 Å². The molecule has 1 fully saturated rings. The minimum Gasteiger partial charge on any atom is -0.400 e. The molecule has 1 atom stereocenters. The van der Waals surface area contributed by atoms with Gasteiger partial charge in [0.1, 0.15) is 5.82 Å². The van der Waals surface area contributed by atoms with Gasteiger partial charge in [-0.2, -0.15) is 0 Å². The van der Waals surface area contributed by atoms with Crippen molar-refractivity contribution in [2.75, 3.05) is 31.6 Å². The summed E-state index contributed by atoms with van der Waals surface area (Å²) in [6.07, 6.45) is 9.25. The van der Waals surface area contributed by atoms with Crippen LogP contribution in [0.4, 0.5) is 5.82 Å². The number of carbonyl (C=O) groups excluding carboxylic acids is 1. The molecule has 0 radical (unpaired) electrons. The van der Waals surface area contributed by atoms with Crippen LogP contribution in [0.5, 0.6) is 0 Å². The van der Waals surface area contributed by atoms with Crippen molar-refractivity contribution in [3.63, 3.8) is 0 Å². The van der Waals surface area contributed by atoms with Crippen molar-refractivity contribution < 1.29 is 9.90 Å². The Hall–Kier alpha value is -1.88. The molecule has 1 aliphatic rings. The van der Waals surface area contributed by atoms with Gasteiger partial charge in [-0.05, 0) is 77.3 Å². The molecule has 1 amide bonds. The molecular formula is C26H49N3O2. The van der Waals surface area contributed by atoms with Gasteiger partial charge in [-0.25, -0.2) is 4.98 Å². The number of nitrogens with zero attached hydrogens (tertiary/aromatic N) is 3. The molecule has 0 aliphatic carbocycles. The largest absolute Gasteiger partial charge is 0.400 e. The van der Waals surface area contributed by atoms with E-state index in [4.69, 9.17) is 5.11 Å². The number of aromatic nitrogens is 1. The third kappa shape index (κ3) is 11.3. The van der Waals surface area contributed by atoms with Crippen molar-refractivity contribution in [3.8, 4) is 0 Å². The summed E-state index contributed by atoms with van der Waals surface area (Å²) < 4.78 is 0. The lowest BCUT2D eigenvalue weighted by atomic mass is 9.92. The zero-order valence-electron chi connectivity index (χ0n) is 21.7. The van der Waals surface area contributed by atoms with E-state index in [1.165, 1.54) is 24.0 Å². The van der Waals surface area contributed by atoms with Crippen LogP contribution in [0, 0.1) is 19.8 Å². The van der Waals surface area contributed by atoms with Crippen LogP contribution in [0.2, 0.25) is 0 Å². The Balaban J connectivity index is 0. The maximum absolute atomic E-state index is 11.5. The number of rotatable bonds is 7. The Bertz CT molecular complexity index is 602. The Kier molecular flexibility index (Phi) is 17.9. The average Bonchev–Trinajstić information content (AvgIpc) is 2.77. The first-order valence-electron chi connectivity index (χ1n) is 11.7. The quantitative estimate of drug-likeness (QED) is 0.436. The fourth-order valence-corrected chi connectivity index (χ4v) is 3.56. The van der Waals surface area contributed by atoms with Crippen LogP contribution >= 0.6 is 0 Å². The van der Waals surface area contributed by atoms with E-state index in [1.807, 2.05) is 31.9 Å². The van der Waals surface area contributed by atoms with E-state index < -0.39 is 0 Å². The summed E-state index contributed by atoms with van der Waals surface area (Å²) in [7, 11) is 1.00. The van der Waals surface area contributed by atoms with Crippen molar-refractivity contribution in [3.05, 3.63) is 36.0 Å². The van der Waals surface area contributed by atoms with E-state index in [2.05, 4.69) is 57.1 Å². The Morgan fingerprint density at radius 3 is 2.39 bits per heavy atom.